The molecular weight excluding hydrogens is 268 g/mol. The van der Waals surface area contributed by atoms with Gasteiger partial charge in [-0.2, -0.15) is 5.06 Å². The van der Waals surface area contributed by atoms with Gasteiger partial charge in [0.15, 0.2) is 5.78 Å². The number of primary amides is 1. The monoisotopic (exact) mass is 284 g/mol. The first kappa shape index (κ1) is 14.7. The highest BCUT2D eigenvalue weighted by Crippen LogP contribution is 2.20. The first-order valence-corrected chi connectivity index (χ1v) is 6.48. The Morgan fingerprint density at radius 2 is 1.67 bits per heavy atom. The molecule has 0 saturated heterocycles. The second-order valence-electron chi connectivity index (χ2n) is 4.68. The van der Waals surface area contributed by atoms with E-state index >= 15 is 0 Å². The van der Waals surface area contributed by atoms with Gasteiger partial charge in [-0.15, -0.1) is 0 Å². The zero-order valence-corrected chi connectivity index (χ0v) is 11.6. The van der Waals surface area contributed by atoms with Crippen molar-refractivity contribution in [1.82, 2.24) is 5.06 Å². The number of carbonyl (C=O) groups excluding carboxylic acids is 2. The zero-order chi connectivity index (χ0) is 15.4. The van der Waals surface area contributed by atoms with Crippen LogP contribution in [0.15, 0.2) is 54.6 Å². The molecule has 0 aliphatic heterocycles. The van der Waals surface area contributed by atoms with E-state index in [1.165, 1.54) is 0 Å². The normalized spacial score (nSPS) is 11.7. The summed E-state index contributed by atoms with van der Waals surface area (Å²) in [5.74, 6) is -0.117. The minimum atomic E-state index is -0.942. The molecule has 5 heteroatoms. The van der Waals surface area contributed by atoms with Crippen molar-refractivity contribution in [2.45, 2.75) is 13.0 Å². The van der Waals surface area contributed by atoms with Gasteiger partial charge >= 0.3 is 6.03 Å². The standard InChI is InChI=1S/C16H16N2O3/c1-11(18(21)16(17)20)13-8-5-9-14(10-13)15(19)12-6-3-2-4-7-12/h2-11,21H,1H3,(H2,17,20). The van der Waals surface area contributed by atoms with E-state index in [2.05, 4.69) is 0 Å². The summed E-state index contributed by atoms with van der Waals surface area (Å²) in [5.41, 5.74) is 6.73. The van der Waals surface area contributed by atoms with Gasteiger partial charge in [0.2, 0.25) is 0 Å². The quantitative estimate of drug-likeness (QED) is 0.514. The van der Waals surface area contributed by atoms with Crippen molar-refractivity contribution in [2.24, 2.45) is 5.73 Å². The summed E-state index contributed by atoms with van der Waals surface area (Å²) < 4.78 is 0. The maximum Gasteiger partial charge on any atom is 0.339 e. The van der Waals surface area contributed by atoms with Crippen molar-refractivity contribution < 1.29 is 14.8 Å². The van der Waals surface area contributed by atoms with E-state index in [4.69, 9.17) is 5.73 Å². The SMILES string of the molecule is CC(c1cccc(C(=O)c2ccccc2)c1)N(O)C(N)=O. The molecule has 0 spiro atoms. The summed E-state index contributed by atoms with van der Waals surface area (Å²) in [6, 6.07) is 14.1. The van der Waals surface area contributed by atoms with Gasteiger partial charge in [0, 0.05) is 11.1 Å². The van der Waals surface area contributed by atoms with Crippen molar-refractivity contribution in [2.75, 3.05) is 0 Å². The van der Waals surface area contributed by atoms with E-state index in [1.807, 2.05) is 6.07 Å². The fraction of sp³-hybridized carbons (Fsp3) is 0.125. The molecule has 0 saturated carbocycles. The van der Waals surface area contributed by atoms with Crippen LogP contribution in [0.2, 0.25) is 0 Å². The number of ketones is 1. The van der Waals surface area contributed by atoms with Gasteiger partial charge in [-0.25, -0.2) is 4.79 Å². The van der Waals surface area contributed by atoms with E-state index in [9.17, 15) is 14.8 Å². The third kappa shape index (κ3) is 3.27. The third-order valence-corrected chi connectivity index (χ3v) is 3.26. The van der Waals surface area contributed by atoms with Gasteiger partial charge in [-0.1, -0.05) is 48.5 Å². The third-order valence-electron chi connectivity index (χ3n) is 3.26. The number of nitrogens with zero attached hydrogens (tertiary/aromatic N) is 1. The number of nitrogens with two attached hydrogens (primary N) is 1. The Hall–Kier alpha value is -2.66. The van der Waals surface area contributed by atoms with E-state index in [1.54, 1.807) is 55.5 Å². The number of amides is 2. The Morgan fingerprint density at radius 1 is 1.05 bits per heavy atom. The molecule has 5 nitrogen and oxygen atoms in total. The number of hydrogen-bond acceptors (Lipinski definition) is 3. The van der Waals surface area contributed by atoms with Crippen LogP contribution in [0.4, 0.5) is 4.79 Å². The molecule has 0 heterocycles. The Morgan fingerprint density at radius 3 is 2.29 bits per heavy atom. The first-order chi connectivity index (χ1) is 10.0. The van der Waals surface area contributed by atoms with Crippen LogP contribution in [-0.4, -0.2) is 22.1 Å². The van der Waals surface area contributed by atoms with Crippen LogP contribution in [-0.2, 0) is 0 Å². The summed E-state index contributed by atoms with van der Waals surface area (Å²) in [5, 5.41) is 10.0. The molecule has 0 aliphatic carbocycles. The van der Waals surface area contributed by atoms with Crippen LogP contribution in [0.25, 0.3) is 0 Å². The second-order valence-corrected chi connectivity index (χ2v) is 4.68. The predicted octanol–water partition coefficient (Wildman–Crippen LogP) is 2.75. The number of hydroxylamine groups is 2. The zero-order valence-electron chi connectivity index (χ0n) is 11.6. The highest BCUT2D eigenvalue weighted by molar-refractivity contribution is 6.09. The molecule has 0 bridgehead atoms. The fourth-order valence-corrected chi connectivity index (χ4v) is 2.03. The Bertz CT molecular complexity index is 656. The van der Waals surface area contributed by atoms with Crippen LogP contribution >= 0.6 is 0 Å². The lowest BCUT2D eigenvalue weighted by atomic mass is 9.99. The van der Waals surface area contributed by atoms with E-state index in [0.29, 0.717) is 21.8 Å². The largest absolute Gasteiger partial charge is 0.350 e. The Kier molecular flexibility index (Phi) is 4.35. The molecule has 2 aromatic rings. The summed E-state index contributed by atoms with van der Waals surface area (Å²) in [7, 11) is 0. The molecule has 0 aromatic heterocycles. The molecule has 1 atom stereocenters. The van der Waals surface area contributed by atoms with Crippen molar-refractivity contribution in [3.8, 4) is 0 Å². The minimum absolute atomic E-state index is 0.117. The Balaban J connectivity index is 2.30. The smallest absolute Gasteiger partial charge is 0.339 e. The van der Waals surface area contributed by atoms with Gasteiger partial charge in [0.1, 0.15) is 0 Å². The molecular formula is C16H16N2O3. The summed E-state index contributed by atoms with van der Waals surface area (Å²) >= 11 is 0. The highest BCUT2D eigenvalue weighted by Gasteiger charge is 2.18. The molecule has 0 fully saturated rings. The van der Waals surface area contributed by atoms with Crippen LogP contribution in [0.5, 0.6) is 0 Å². The number of rotatable bonds is 4. The molecule has 0 radical (unpaired) electrons. The van der Waals surface area contributed by atoms with Gasteiger partial charge in [-0.05, 0) is 18.6 Å². The molecule has 2 rings (SSSR count). The van der Waals surface area contributed by atoms with Crippen LogP contribution in [0.3, 0.4) is 0 Å². The predicted molar refractivity (Wildman–Crippen MR) is 77.9 cm³/mol. The summed E-state index contributed by atoms with van der Waals surface area (Å²) in [6.07, 6.45) is 0. The fourth-order valence-electron chi connectivity index (χ4n) is 2.03. The van der Waals surface area contributed by atoms with E-state index < -0.39 is 12.1 Å². The van der Waals surface area contributed by atoms with Crippen LogP contribution < -0.4 is 5.73 Å². The highest BCUT2D eigenvalue weighted by atomic mass is 16.5. The second kappa shape index (κ2) is 6.19. The maximum atomic E-state index is 12.4. The molecule has 0 aliphatic rings. The molecule has 2 aromatic carbocycles. The number of hydrogen-bond donors (Lipinski definition) is 2. The lowest BCUT2D eigenvalue weighted by molar-refractivity contribution is -0.0710. The molecule has 108 valence electrons. The lowest BCUT2D eigenvalue weighted by Crippen LogP contribution is -2.34. The van der Waals surface area contributed by atoms with Crippen LogP contribution in [0, 0.1) is 0 Å². The molecule has 3 N–H and O–H groups in total. The molecule has 2 amide bonds. The number of carbonyl (C=O) groups is 2. The first-order valence-electron chi connectivity index (χ1n) is 6.48. The molecule has 21 heavy (non-hydrogen) atoms. The van der Waals surface area contributed by atoms with Crippen molar-refractivity contribution in [3.63, 3.8) is 0 Å². The van der Waals surface area contributed by atoms with Gasteiger partial charge in [-0.3, -0.25) is 10.0 Å². The summed E-state index contributed by atoms with van der Waals surface area (Å²) in [4.78, 5) is 23.3. The lowest BCUT2D eigenvalue weighted by Gasteiger charge is -2.21. The van der Waals surface area contributed by atoms with E-state index in [-0.39, 0.29) is 5.78 Å². The van der Waals surface area contributed by atoms with E-state index in [0.717, 1.165) is 0 Å². The maximum absolute atomic E-state index is 12.4. The Labute approximate surface area is 122 Å². The summed E-state index contributed by atoms with van der Waals surface area (Å²) in [6.45, 7) is 1.62. The number of urea groups is 1. The number of benzene rings is 2. The topological polar surface area (TPSA) is 83.6 Å². The molecule has 1 unspecified atom stereocenters. The van der Waals surface area contributed by atoms with Crippen LogP contribution in [0.1, 0.15) is 34.5 Å². The van der Waals surface area contributed by atoms with Gasteiger partial charge in [0.25, 0.3) is 0 Å². The van der Waals surface area contributed by atoms with Crippen molar-refractivity contribution in [1.29, 1.82) is 0 Å². The van der Waals surface area contributed by atoms with Crippen molar-refractivity contribution >= 4 is 11.8 Å². The van der Waals surface area contributed by atoms with Gasteiger partial charge < -0.3 is 5.73 Å². The average molecular weight is 284 g/mol. The minimum Gasteiger partial charge on any atom is -0.350 e. The van der Waals surface area contributed by atoms with Gasteiger partial charge in [0.05, 0.1) is 6.04 Å². The average Bonchev–Trinajstić information content (AvgIpc) is 2.53. The van der Waals surface area contributed by atoms with Crippen molar-refractivity contribution in [3.05, 3.63) is 71.3 Å².